The number of carbonyl (C=O) groups is 1. The first kappa shape index (κ1) is 12.9. The highest BCUT2D eigenvalue weighted by molar-refractivity contribution is 7.99. The number of halogens is 1. The number of aromatic nitrogens is 2. The van der Waals surface area contributed by atoms with Gasteiger partial charge in [0.05, 0.1) is 12.7 Å². The van der Waals surface area contributed by atoms with Crippen molar-refractivity contribution in [1.29, 1.82) is 0 Å². The summed E-state index contributed by atoms with van der Waals surface area (Å²) < 4.78 is 4.67. The van der Waals surface area contributed by atoms with Crippen molar-refractivity contribution in [3.05, 3.63) is 47.4 Å². The molecule has 1 aromatic heterocycles. The number of rotatable bonds is 3. The molecule has 1 aromatic carbocycles. The van der Waals surface area contributed by atoms with Crippen molar-refractivity contribution in [1.82, 2.24) is 9.97 Å². The molecule has 0 atom stereocenters. The topological polar surface area (TPSA) is 52.1 Å². The lowest BCUT2D eigenvalue weighted by molar-refractivity contribution is 0.0600. The zero-order valence-corrected chi connectivity index (χ0v) is 11.0. The van der Waals surface area contributed by atoms with Gasteiger partial charge < -0.3 is 4.74 Å². The van der Waals surface area contributed by atoms with Gasteiger partial charge in [-0.2, -0.15) is 0 Å². The molecule has 0 saturated heterocycles. The van der Waals surface area contributed by atoms with Crippen LogP contribution in [0, 0.1) is 0 Å². The minimum absolute atomic E-state index is 0.198. The first-order chi connectivity index (χ1) is 8.69. The summed E-state index contributed by atoms with van der Waals surface area (Å²) in [7, 11) is 1.35. The Morgan fingerprint density at radius 1 is 1.39 bits per heavy atom. The van der Waals surface area contributed by atoms with Gasteiger partial charge in [0.25, 0.3) is 0 Å². The highest BCUT2D eigenvalue weighted by Gasteiger charge is 2.07. The van der Waals surface area contributed by atoms with E-state index in [1.54, 1.807) is 30.5 Å². The van der Waals surface area contributed by atoms with Gasteiger partial charge in [0, 0.05) is 11.1 Å². The van der Waals surface area contributed by atoms with Gasteiger partial charge in [0.1, 0.15) is 5.03 Å². The highest BCUT2D eigenvalue weighted by atomic mass is 35.5. The second-order valence-corrected chi connectivity index (χ2v) is 4.72. The van der Waals surface area contributed by atoms with E-state index in [2.05, 4.69) is 14.7 Å². The van der Waals surface area contributed by atoms with Crippen molar-refractivity contribution in [3.8, 4) is 0 Å². The van der Waals surface area contributed by atoms with Gasteiger partial charge in [-0.25, -0.2) is 14.8 Å². The summed E-state index contributed by atoms with van der Waals surface area (Å²) in [5.41, 5.74) is 0.502. The van der Waals surface area contributed by atoms with Gasteiger partial charge >= 0.3 is 5.97 Å². The molecule has 0 saturated carbocycles. The van der Waals surface area contributed by atoms with Gasteiger partial charge in [-0.1, -0.05) is 17.8 Å². The molecule has 92 valence electrons. The maximum atomic E-state index is 11.4. The Morgan fingerprint density at radius 3 is 2.94 bits per heavy atom. The average Bonchev–Trinajstić information content (AvgIpc) is 2.38. The van der Waals surface area contributed by atoms with E-state index < -0.39 is 0 Å². The smallest absolute Gasteiger partial charge is 0.337 e. The SMILES string of the molecule is COC(=O)c1cccc(Sc2ccnc(Cl)n2)c1. The Kier molecular flexibility index (Phi) is 4.17. The highest BCUT2D eigenvalue weighted by Crippen LogP contribution is 2.27. The average molecular weight is 281 g/mol. The van der Waals surface area contributed by atoms with Crippen LogP contribution in [-0.4, -0.2) is 23.0 Å². The summed E-state index contributed by atoms with van der Waals surface area (Å²) in [6.07, 6.45) is 1.59. The zero-order valence-electron chi connectivity index (χ0n) is 9.46. The van der Waals surface area contributed by atoms with Crippen LogP contribution in [0.3, 0.4) is 0 Å². The zero-order chi connectivity index (χ0) is 13.0. The number of carbonyl (C=O) groups excluding carboxylic acids is 1. The molecule has 0 aliphatic rings. The van der Waals surface area contributed by atoms with E-state index in [4.69, 9.17) is 11.6 Å². The molecule has 0 unspecified atom stereocenters. The molecule has 0 bridgehead atoms. The predicted molar refractivity (Wildman–Crippen MR) is 68.9 cm³/mol. The summed E-state index contributed by atoms with van der Waals surface area (Å²) in [6, 6.07) is 8.86. The molecule has 0 aliphatic heterocycles. The van der Waals surface area contributed by atoms with Crippen LogP contribution in [0.25, 0.3) is 0 Å². The maximum Gasteiger partial charge on any atom is 0.337 e. The fourth-order valence-corrected chi connectivity index (χ4v) is 2.33. The third kappa shape index (κ3) is 3.21. The molecule has 0 fully saturated rings. The van der Waals surface area contributed by atoms with E-state index in [0.717, 1.165) is 9.92 Å². The van der Waals surface area contributed by atoms with Crippen molar-refractivity contribution >= 4 is 29.3 Å². The number of hydrogen-bond donors (Lipinski definition) is 0. The van der Waals surface area contributed by atoms with Crippen molar-refractivity contribution in [2.75, 3.05) is 7.11 Å². The Bertz CT molecular complexity index is 578. The molecular formula is C12H9ClN2O2S. The third-order valence-electron chi connectivity index (χ3n) is 2.08. The molecular weight excluding hydrogens is 272 g/mol. The van der Waals surface area contributed by atoms with Crippen molar-refractivity contribution in [2.45, 2.75) is 9.92 Å². The van der Waals surface area contributed by atoms with E-state index in [9.17, 15) is 4.79 Å². The standard InChI is InChI=1S/C12H9ClN2O2S/c1-17-11(16)8-3-2-4-9(7-8)18-10-5-6-14-12(13)15-10/h2-7H,1H3. The van der Waals surface area contributed by atoms with Crippen LogP contribution in [0.5, 0.6) is 0 Å². The number of nitrogens with zero attached hydrogens (tertiary/aromatic N) is 2. The molecule has 18 heavy (non-hydrogen) atoms. The molecule has 0 spiro atoms. The van der Waals surface area contributed by atoms with Crippen LogP contribution in [0.4, 0.5) is 0 Å². The summed E-state index contributed by atoms with van der Waals surface area (Å²) in [5.74, 6) is -0.363. The minimum Gasteiger partial charge on any atom is -0.465 e. The number of hydrogen-bond acceptors (Lipinski definition) is 5. The molecule has 2 rings (SSSR count). The monoisotopic (exact) mass is 280 g/mol. The Balaban J connectivity index is 2.22. The fraction of sp³-hybridized carbons (Fsp3) is 0.0833. The predicted octanol–water partition coefficient (Wildman–Crippen LogP) is 3.07. The number of benzene rings is 1. The van der Waals surface area contributed by atoms with Crippen LogP contribution in [0.15, 0.2) is 46.5 Å². The van der Waals surface area contributed by atoms with Crippen LogP contribution < -0.4 is 0 Å². The van der Waals surface area contributed by atoms with E-state index >= 15 is 0 Å². The lowest BCUT2D eigenvalue weighted by Crippen LogP contribution is -2.00. The van der Waals surface area contributed by atoms with E-state index in [1.165, 1.54) is 18.9 Å². The Labute approximate surface area is 113 Å². The first-order valence-electron chi connectivity index (χ1n) is 5.04. The number of methoxy groups -OCH3 is 1. The van der Waals surface area contributed by atoms with Crippen LogP contribution in [0.2, 0.25) is 5.28 Å². The van der Waals surface area contributed by atoms with Crippen molar-refractivity contribution in [3.63, 3.8) is 0 Å². The van der Waals surface area contributed by atoms with Crippen LogP contribution >= 0.6 is 23.4 Å². The van der Waals surface area contributed by atoms with Gasteiger partial charge in [-0.15, -0.1) is 0 Å². The quantitative estimate of drug-likeness (QED) is 0.491. The van der Waals surface area contributed by atoms with E-state index in [-0.39, 0.29) is 11.3 Å². The number of ether oxygens (including phenoxy) is 1. The summed E-state index contributed by atoms with van der Waals surface area (Å²) in [5, 5.41) is 0.918. The molecule has 0 amide bonds. The van der Waals surface area contributed by atoms with E-state index in [1.807, 2.05) is 6.07 Å². The van der Waals surface area contributed by atoms with Gasteiger partial charge in [-0.05, 0) is 35.9 Å². The van der Waals surface area contributed by atoms with Gasteiger partial charge in [0.2, 0.25) is 5.28 Å². The molecule has 0 N–H and O–H groups in total. The summed E-state index contributed by atoms with van der Waals surface area (Å²) >= 11 is 7.11. The van der Waals surface area contributed by atoms with E-state index in [0.29, 0.717) is 5.56 Å². The molecule has 2 aromatic rings. The Hall–Kier alpha value is -1.59. The fourth-order valence-electron chi connectivity index (χ4n) is 1.30. The maximum absolute atomic E-state index is 11.4. The first-order valence-corrected chi connectivity index (χ1v) is 6.23. The third-order valence-corrected chi connectivity index (χ3v) is 3.19. The minimum atomic E-state index is -0.363. The molecule has 0 radical (unpaired) electrons. The second kappa shape index (κ2) is 5.84. The summed E-state index contributed by atoms with van der Waals surface area (Å²) in [6.45, 7) is 0. The van der Waals surface area contributed by atoms with Gasteiger partial charge in [0.15, 0.2) is 0 Å². The molecule has 0 aliphatic carbocycles. The normalized spacial score (nSPS) is 10.1. The van der Waals surface area contributed by atoms with Crippen molar-refractivity contribution < 1.29 is 9.53 Å². The number of esters is 1. The Morgan fingerprint density at radius 2 is 2.22 bits per heavy atom. The van der Waals surface area contributed by atoms with Gasteiger partial charge in [-0.3, -0.25) is 0 Å². The molecule has 1 heterocycles. The second-order valence-electron chi connectivity index (χ2n) is 3.29. The lowest BCUT2D eigenvalue weighted by Gasteiger charge is -2.03. The van der Waals surface area contributed by atoms with Crippen LogP contribution in [-0.2, 0) is 4.74 Å². The van der Waals surface area contributed by atoms with Crippen LogP contribution in [0.1, 0.15) is 10.4 Å². The molecule has 4 nitrogen and oxygen atoms in total. The van der Waals surface area contributed by atoms with Crippen molar-refractivity contribution in [2.24, 2.45) is 0 Å². The summed E-state index contributed by atoms with van der Waals surface area (Å²) in [4.78, 5) is 20.1. The molecule has 6 heteroatoms. The lowest BCUT2D eigenvalue weighted by atomic mass is 10.2. The largest absolute Gasteiger partial charge is 0.465 e.